The van der Waals surface area contributed by atoms with Gasteiger partial charge in [0.05, 0.1) is 4.88 Å². The molecule has 1 heterocycles. The Balaban J connectivity index is 2.19. The van der Waals surface area contributed by atoms with Crippen LogP contribution in [0.25, 0.3) is 0 Å². The lowest BCUT2D eigenvalue weighted by Gasteiger charge is -2.00. The molecule has 0 bridgehead atoms. The molecule has 72 valence electrons. The van der Waals surface area contributed by atoms with E-state index in [4.69, 9.17) is 4.74 Å². The minimum Gasteiger partial charge on any atom is -0.373 e. The third-order valence-electron chi connectivity index (χ3n) is 1.67. The highest BCUT2D eigenvalue weighted by molar-refractivity contribution is 7.12. The Morgan fingerprint density at radius 2 is 2.46 bits per heavy atom. The standard InChI is InChI=1S/C10H14O2S/c1-2-3-6-12-8-9(11)10-5-4-7-13-10/h4-5,7H,2-3,6,8H2,1H3. The zero-order valence-corrected chi connectivity index (χ0v) is 8.60. The van der Waals surface area contributed by atoms with E-state index in [-0.39, 0.29) is 12.4 Å². The van der Waals surface area contributed by atoms with Gasteiger partial charge in [0, 0.05) is 6.61 Å². The summed E-state index contributed by atoms with van der Waals surface area (Å²) in [5.74, 6) is 0.0890. The molecule has 0 atom stereocenters. The van der Waals surface area contributed by atoms with Crippen molar-refractivity contribution in [3.63, 3.8) is 0 Å². The first-order chi connectivity index (χ1) is 6.34. The maximum absolute atomic E-state index is 11.4. The summed E-state index contributed by atoms with van der Waals surface area (Å²) in [6.45, 7) is 3.01. The SMILES string of the molecule is CCCCOCC(=O)c1cccs1. The van der Waals surface area contributed by atoms with Crippen molar-refractivity contribution in [1.82, 2.24) is 0 Å². The lowest BCUT2D eigenvalue weighted by molar-refractivity contribution is 0.0759. The van der Waals surface area contributed by atoms with Crippen molar-refractivity contribution in [2.75, 3.05) is 13.2 Å². The van der Waals surface area contributed by atoms with Gasteiger partial charge in [-0.1, -0.05) is 19.4 Å². The summed E-state index contributed by atoms with van der Waals surface area (Å²) in [5.41, 5.74) is 0. The topological polar surface area (TPSA) is 26.3 Å². The summed E-state index contributed by atoms with van der Waals surface area (Å²) >= 11 is 1.47. The second kappa shape index (κ2) is 5.89. The molecule has 1 aromatic heterocycles. The van der Waals surface area contributed by atoms with E-state index >= 15 is 0 Å². The van der Waals surface area contributed by atoms with Gasteiger partial charge in [-0.15, -0.1) is 11.3 Å². The van der Waals surface area contributed by atoms with E-state index in [2.05, 4.69) is 6.92 Å². The number of hydrogen-bond acceptors (Lipinski definition) is 3. The van der Waals surface area contributed by atoms with Crippen LogP contribution in [0.15, 0.2) is 17.5 Å². The zero-order valence-electron chi connectivity index (χ0n) is 7.79. The molecule has 0 aliphatic rings. The first-order valence-electron chi connectivity index (χ1n) is 4.49. The smallest absolute Gasteiger partial charge is 0.198 e. The fourth-order valence-corrected chi connectivity index (χ4v) is 1.57. The van der Waals surface area contributed by atoms with Crippen molar-refractivity contribution in [1.29, 1.82) is 0 Å². The maximum Gasteiger partial charge on any atom is 0.198 e. The molecule has 1 rings (SSSR count). The van der Waals surface area contributed by atoms with E-state index in [1.165, 1.54) is 11.3 Å². The Kier molecular flexibility index (Phi) is 4.72. The van der Waals surface area contributed by atoms with Crippen LogP contribution in [-0.2, 0) is 4.74 Å². The van der Waals surface area contributed by atoms with Crippen molar-refractivity contribution < 1.29 is 9.53 Å². The quantitative estimate of drug-likeness (QED) is 0.519. The second-order valence-corrected chi connectivity index (χ2v) is 3.75. The van der Waals surface area contributed by atoms with Crippen LogP contribution in [-0.4, -0.2) is 19.0 Å². The third kappa shape index (κ3) is 3.70. The summed E-state index contributed by atoms with van der Waals surface area (Å²) < 4.78 is 5.22. The normalized spacial score (nSPS) is 10.2. The molecule has 0 aromatic carbocycles. The Labute approximate surface area is 82.5 Å². The predicted molar refractivity (Wildman–Crippen MR) is 54.4 cm³/mol. The monoisotopic (exact) mass is 198 g/mol. The molecule has 0 aliphatic heterocycles. The van der Waals surface area contributed by atoms with Gasteiger partial charge in [0.25, 0.3) is 0 Å². The summed E-state index contributed by atoms with van der Waals surface area (Å²) in [6, 6.07) is 3.71. The lowest BCUT2D eigenvalue weighted by Crippen LogP contribution is -2.08. The van der Waals surface area contributed by atoms with Crippen molar-refractivity contribution in [2.24, 2.45) is 0 Å². The molecule has 0 spiro atoms. The highest BCUT2D eigenvalue weighted by Gasteiger charge is 2.05. The largest absolute Gasteiger partial charge is 0.373 e. The van der Waals surface area contributed by atoms with E-state index in [9.17, 15) is 4.79 Å². The molecule has 1 aromatic rings. The van der Waals surface area contributed by atoms with Gasteiger partial charge in [-0.25, -0.2) is 0 Å². The second-order valence-electron chi connectivity index (χ2n) is 2.81. The lowest BCUT2D eigenvalue weighted by atomic mass is 10.3. The van der Waals surface area contributed by atoms with Gasteiger partial charge in [0.2, 0.25) is 0 Å². The van der Waals surface area contributed by atoms with E-state index in [0.717, 1.165) is 17.7 Å². The molecule has 2 nitrogen and oxygen atoms in total. The zero-order chi connectivity index (χ0) is 9.52. The van der Waals surface area contributed by atoms with Crippen molar-refractivity contribution in [2.45, 2.75) is 19.8 Å². The van der Waals surface area contributed by atoms with Gasteiger partial charge in [0.15, 0.2) is 5.78 Å². The van der Waals surface area contributed by atoms with Crippen LogP contribution in [0.4, 0.5) is 0 Å². The first kappa shape index (κ1) is 10.4. The van der Waals surface area contributed by atoms with Gasteiger partial charge >= 0.3 is 0 Å². The summed E-state index contributed by atoms with van der Waals surface area (Å²) in [4.78, 5) is 12.1. The molecular weight excluding hydrogens is 184 g/mol. The molecular formula is C10H14O2S. The average molecular weight is 198 g/mol. The highest BCUT2D eigenvalue weighted by Crippen LogP contribution is 2.09. The number of Topliss-reactive ketones (excluding diaryl/α,β-unsaturated/α-hetero) is 1. The minimum atomic E-state index is 0.0890. The van der Waals surface area contributed by atoms with Crippen molar-refractivity contribution >= 4 is 17.1 Å². The van der Waals surface area contributed by atoms with E-state index < -0.39 is 0 Å². The maximum atomic E-state index is 11.4. The van der Waals surface area contributed by atoms with Gasteiger partial charge in [-0.05, 0) is 17.9 Å². The molecule has 13 heavy (non-hydrogen) atoms. The molecule has 0 radical (unpaired) electrons. The van der Waals surface area contributed by atoms with E-state index in [1.54, 1.807) is 0 Å². The molecule has 0 saturated heterocycles. The number of ether oxygens (including phenoxy) is 1. The Morgan fingerprint density at radius 1 is 1.62 bits per heavy atom. The molecule has 3 heteroatoms. The minimum absolute atomic E-state index is 0.0890. The van der Waals surface area contributed by atoms with Crippen molar-refractivity contribution in [3.05, 3.63) is 22.4 Å². The van der Waals surface area contributed by atoms with Crippen LogP contribution in [0, 0.1) is 0 Å². The summed E-state index contributed by atoms with van der Waals surface area (Å²) in [7, 11) is 0. The Hall–Kier alpha value is -0.670. The molecule has 0 saturated carbocycles. The molecule has 0 N–H and O–H groups in total. The molecule has 0 unspecified atom stereocenters. The Bertz CT molecular complexity index is 241. The number of hydrogen-bond donors (Lipinski definition) is 0. The number of unbranched alkanes of at least 4 members (excludes halogenated alkanes) is 1. The molecule has 0 aliphatic carbocycles. The first-order valence-corrected chi connectivity index (χ1v) is 5.37. The Morgan fingerprint density at radius 3 is 3.08 bits per heavy atom. The van der Waals surface area contributed by atoms with Crippen LogP contribution in [0.3, 0.4) is 0 Å². The van der Waals surface area contributed by atoms with Gasteiger partial charge in [0.1, 0.15) is 6.61 Å². The number of ketones is 1. The highest BCUT2D eigenvalue weighted by atomic mass is 32.1. The third-order valence-corrected chi connectivity index (χ3v) is 2.58. The van der Waals surface area contributed by atoms with Gasteiger partial charge in [-0.3, -0.25) is 4.79 Å². The number of thiophene rings is 1. The summed E-state index contributed by atoms with van der Waals surface area (Å²) in [6.07, 6.45) is 2.13. The van der Waals surface area contributed by atoms with E-state index in [0.29, 0.717) is 6.61 Å². The average Bonchev–Trinajstić information content (AvgIpc) is 2.65. The number of carbonyl (C=O) groups excluding carboxylic acids is 1. The van der Waals surface area contributed by atoms with Crippen LogP contribution >= 0.6 is 11.3 Å². The summed E-state index contributed by atoms with van der Waals surface area (Å²) in [5, 5.41) is 1.90. The fourth-order valence-electron chi connectivity index (χ4n) is 0.920. The van der Waals surface area contributed by atoms with E-state index in [1.807, 2.05) is 17.5 Å². The van der Waals surface area contributed by atoms with Crippen LogP contribution < -0.4 is 0 Å². The molecule has 0 amide bonds. The van der Waals surface area contributed by atoms with Crippen LogP contribution in [0.1, 0.15) is 29.4 Å². The predicted octanol–water partition coefficient (Wildman–Crippen LogP) is 2.75. The number of carbonyl (C=O) groups is 1. The fraction of sp³-hybridized carbons (Fsp3) is 0.500. The van der Waals surface area contributed by atoms with Gasteiger partial charge in [-0.2, -0.15) is 0 Å². The van der Waals surface area contributed by atoms with Crippen LogP contribution in [0.2, 0.25) is 0 Å². The van der Waals surface area contributed by atoms with Gasteiger partial charge < -0.3 is 4.74 Å². The van der Waals surface area contributed by atoms with Crippen molar-refractivity contribution in [3.8, 4) is 0 Å². The molecule has 0 fully saturated rings. The van der Waals surface area contributed by atoms with Crippen LogP contribution in [0.5, 0.6) is 0 Å². The number of rotatable bonds is 6.